The first-order valence-corrected chi connectivity index (χ1v) is 5.07. The van der Waals surface area contributed by atoms with Crippen molar-refractivity contribution in [3.63, 3.8) is 0 Å². The number of nitrogens with one attached hydrogen (secondary N) is 1. The van der Waals surface area contributed by atoms with Crippen LogP contribution in [0.2, 0.25) is 10.0 Å². The second-order valence-electron chi connectivity index (χ2n) is 2.83. The van der Waals surface area contributed by atoms with Crippen molar-refractivity contribution in [2.45, 2.75) is 6.42 Å². The third-order valence-corrected chi connectivity index (χ3v) is 2.12. The predicted octanol–water partition coefficient (Wildman–Crippen LogP) is 3.39. The zero-order valence-electron chi connectivity index (χ0n) is 8.22. The molecule has 0 radical (unpaired) electrons. The number of hydrogen-bond acceptors (Lipinski definition) is 3. The van der Waals surface area contributed by atoms with E-state index in [4.69, 9.17) is 33.3 Å². The van der Waals surface area contributed by atoms with E-state index < -0.39 is 0 Å². The van der Waals surface area contributed by atoms with Crippen LogP contribution in [-0.2, 0) is 4.74 Å². The summed E-state index contributed by atoms with van der Waals surface area (Å²) in [4.78, 5) is 0. The lowest BCUT2D eigenvalue weighted by Crippen LogP contribution is -2.06. The molecule has 15 heavy (non-hydrogen) atoms. The third-order valence-electron chi connectivity index (χ3n) is 1.68. The molecule has 0 amide bonds. The third kappa shape index (κ3) is 4.40. The summed E-state index contributed by atoms with van der Waals surface area (Å²) in [7, 11) is 1.46. The Labute approximate surface area is 98.4 Å². The van der Waals surface area contributed by atoms with Crippen LogP contribution in [0.1, 0.15) is 6.42 Å². The maximum absolute atomic E-state index is 7.23. The fourth-order valence-corrected chi connectivity index (χ4v) is 1.48. The first-order valence-electron chi connectivity index (χ1n) is 4.32. The predicted molar refractivity (Wildman–Crippen MR) is 61.3 cm³/mol. The van der Waals surface area contributed by atoms with E-state index in [1.54, 1.807) is 18.2 Å². The van der Waals surface area contributed by atoms with E-state index in [1.807, 2.05) is 0 Å². The molecule has 0 aliphatic heterocycles. The van der Waals surface area contributed by atoms with Gasteiger partial charge in [-0.05, 0) is 18.2 Å². The molecule has 0 unspecified atom stereocenters. The zero-order valence-corrected chi connectivity index (χ0v) is 9.73. The molecule has 0 atom stereocenters. The molecule has 82 valence electrons. The summed E-state index contributed by atoms with van der Waals surface area (Å²) in [5.41, 5.74) is 0. The molecular weight excluding hydrogens is 237 g/mol. The quantitative estimate of drug-likeness (QED) is 0.655. The number of ether oxygens (including phenoxy) is 2. The Morgan fingerprint density at radius 1 is 1.27 bits per heavy atom. The number of halogens is 2. The van der Waals surface area contributed by atoms with Crippen LogP contribution in [0.15, 0.2) is 18.2 Å². The van der Waals surface area contributed by atoms with Gasteiger partial charge in [-0.1, -0.05) is 23.2 Å². The highest BCUT2D eigenvalue weighted by atomic mass is 35.5. The molecule has 0 aliphatic rings. The van der Waals surface area contributed by atoms with Crippen LogP contribution in [0.4, 0.5) is 0 Å². The minimum absolute atomic E-state index is 0.183. The van der Waals surface area contributed by atoms with Gasteiger partial charge in [0.25, 0.3) is 0 Å². The molecule has 3 nitrogen and oxygen atoms in total. The van der Waals surface area contributed by atoms with Gasteiger partial charge >= 0.3 is 0 Å². The van der Waals surface area contributed by atoms with Crippen LogP contribution in [-0.4, -0.2) is 19.6 Å². The summed E-state index contributed by atoms with van der Waals surface area (Å²) < 4.78 is 10.0. The van der Waals surface area contributed by atoms with Crippen LogP contribution in [0.25, 0.3) is 0 Å². The summed E-state index contributed by atoms with van der Waals surface area (Å²) in [5, 5.41) is 8.29. The molecule has 0 fully saturated rings. The molecule has 0 bridgehead atoms. The largest absolute Gasteiger partial charge is 0.493 e. The van der Waals surface area contributed by atoms with Crippen LogP contribution in [0, 0.1) is 5.41 Å². The van der Waals surface area contributed by atoms with Crippen LogP contribution >= 0.6 is 23.2 Å². The Kier molecular flexibility index (Phi) is 4.72. The highest BCUT2D eigenvalue weighted by molar-refractivity contribution is 6.34. The van der Waals surface area contributed by atoms with Crippen molar-refractivity contribution < 1.29 is 9.47 Å². The first-order chi connectivity index (χ1) is 7.11. The van der Waals surface area contributed by atoms with Gasteiger partial charge in [0, 0.05) is 10.0 Å². The fraction of sp³-hybridized carbons (Fsp3) is 0.300. The second kappa shape index (κ2) is 5.83. The Bertz CT molecular complexity index is 335. The van der Waals surface area contributed by atoms with Crippen molar-refractivity contribution in [3.8, 4) is 5.75 Å². The van der Waals surface area contributed by atoms with Gasteiger partial charge in [0.15, 0.2) is 5.90 Å². The molecule has 0 heterocycles. The van der Waals surface area contributed by atoms with Gasteiger partial charge < -0.3 is 9.47 Å². The van der Waals surface area contributed by atoms with Gasteiger partial charge in [0.1, 0.15) is 5.75 Å². The summed E-state index contributed by atoms with van der Waals surface area (Å²) in [6.07, 6.45) is 0.417. The lowest BCUT2D eigenvalue weighted by Gasteiger charge is -2.07. The molecule has 0 spiro atoms. The maximum atomic E-state index is 7.23. The van der Waals surface area contributed by atoms with E-state index in [-0.39, 0.29) is 5.90 Å². The van der Waals surface area contributed by atoms with Crippen LogP contribution in [0.3, 0.4) is 0 Å². The molecular formula is C10H11Cl2NO2. The molecule has 0 aromatic heterocycles. The van der Waals surface area contributed by atoms with Crippen molar-refractivity contribution in [1.29, 1.82) is 5.41 Å². The second-order valence-corrected chi connectivity index (χ2v) is 3.70. The van der Waals surface area contributed by atoms with Crippen molar-refractivity contribution in [2.75, 3.05) is 13.7 Å². The lowest BCUT2D eigenvalue weighted by atomic mass is 10.3. The van der Waals surface area contributed by atoms with Crippen molar-refractivity contribution in [3.05, 3.63) is 28.2 Å². The van der Waals surface area contributed by atoms with Gasteiger partial charge in [-0.2, -0.15) is 0 Å². The zero-order chi connectivity index (χ0) is 11.3. The number of methoxy groups -OCH3 is 1. The fourth-order valence-electron chi connectivity index (χ4n) is 0.976. The van der Waals surface area contributed by atoms with Crippen LogP contribution < -0.4 is 4.74 Å². The Morgan fingerprint density at radius 3 is 2.40 bits per heavy atom. The van der Waals surface area contributed by atoms with Crippen molar-refractivity contribution in [1.82, 2.24) is 0 Å². The molecule has 0 aliphatic carbocycles. The number of hydrogen-bond donors (Lipinski definition) is 1. The molecule has 0 saturated carbocycles. The molecule has 5 heteroatoms. The van der Waals surface area contributed by atoms with E-state index >= 15 is 0 Å². The van der Waals surface area contributed by atoms with Gasteiger partial charge in [0.05, 0.1) is 20.1 Å². The molecule has 1 aromatic carbocycles. The topological polar surface area (TPSA) is 42.3 Å². The normalized spacial score (nSPS) is 9.80. The van der Waals surface area contributed by atoms with E-state index in [9.17, 15) is 0 Å². The highest BCUT2D eigenvalue weighted by Gasteiger charge is 2.00. The van der Waals surface area contributed by atoms with Gasteiger partial charge in [-0.3, -0.25) is 5.41 Å². The summed E-state index contributed by atoms with van der Waals surface area (Å²) in [6, 6.07) is 4.97. The average Bonchev–Trinajstić information content (AvgIpc) is 2.16. The molecule has 1 aromatic rings. The smallest absolute Gasteiger partial charge is 0.183 e. The Hall–Kier alpha value is -0.930. The van der Waals surface area contributed by atoms with Gasteiger partial charge in [-0.15, -0.1) is 0 Å². The van der Waals surface area contributed by atoms with E-state index in [1.165, 1.54) is 7.11 Å². The number of benzene rings is 1. The maximum Gasteiger partial charge on any atom is 0.183 e. The molecule has 1 N–H and O–H groups in total. The van der Waals surface area contributed by atoms with Crippen LogP contribution in [0.5, 0.6) is 5.75 Å². The Morgan fingerprint density at radius 2 is 1.87 bits per heavy atom. The monoisotopic (exact) mass is 247 g/mol. The summed E-state index contributed by atoms with van der Waals surface area (Å²) >= 11 is 11.6. The van der Waals surface area contributed by atoms with E-state index in [2.05, 4.69) is 4.74 Å². The van der Waals surface area contributed by atoms with Crippen molar-refractivity contribution in [2.24, 2.45) is 0 Å². The summed E-state index contributed by atoms with van der Waals surface area (Å²) in [6.45, 7) is 0.364. The summed E-state index contributed by atoms with van der Waals surface area (Å²) in [5.74, 6) is 0.777. The van der Waals surface area contributed by atoms with E-state index in [0.717, 1.165) is 0 Å². The van der Waals surface area contributed by atoms with Gasteiger partial charge in [0.2, 0.25) is 0 Å². The molecule has 1 rings (SSSR count). The van der Waals surface area contributed by atoms with E-state index in [0.29, 0.717) is 28.8 Å². The highest BCUT2D eigenvalue weighted by Crippen LogP contribution is 2.24. The average molecular weight is 248 g/mol. The standard InChI is InChI=1S/C10H11Cl2NO2/c1-14-10(13)2-3-15-9-5-7(11)4-8(12)6-9/h4-6,13H,2-3H2,1H3. The number of rotatable bonds is 4. The van der Waals surface area contributed by atoms with Crippen molar-refractivity contribution >= 4 is 29.1 Å². The first kappa shape index (κ1) is 12.1. The lowest BCUT2D eigenvalue weighted by molar-refractivity contribution is 0.307. The molecule has 0 saturated heterocycles. The SMILES string of the molecule is COC(=N)CCOc1cc(Cl)cc(Cl)c1. The minimum Gasteiger partial charge on any atom is -0.493 e. The van der Waals surface area contributed by atoms with Gasteiger partial charge in [-0.25, -0.2) is 0 Å². The minimum atomic E-state index is 0.183. The Balaban J connectivity index is 2.47.